The van der Waals surface area contributed by atoms with E-state index in [4.69, 9.17) is 10.2 Å². The third kappa shape index (κ3) is 2.48. The molecule has 0 saturated carbocycles. The van der Waals surface area contributed by atoms with Crippen molar-refractivity contribution in [2.24, 2.45) is 5.73 Å². The standard InChI is InChI=1S/C11H14N4OS/c1-6-5-16-11(13-6)17-10-9(4-12)7(2)8(3)14-15-10/h5H,4,12H2,1-3H3. The monoisotopic (exact) mass is 250 g/mol. The summed E-state index contributed by atoms with van der Waals surface area (Å²) in [6.45, 7) is 6.23. The van der Waals surface area contributed by atoms with Crippen molar-refractivity contribution in [3.05, 3.63) is 28.8 Å². The van der Waals surface area contributed by atoms with Crippen LogP contribution in [0.2, 0.25) is 0 Å². The quantitative estimate of drug-likeness (QED) is 0.897. The highest BCUT2D eigenvalue weighted by Gasteiger charge is 2.13. The van der Waals surface area contributed by atoms with E-state index in [1.165, 1.54) is 11.8 Å². The van der Waals surface area contributed by atoms with Crippen LogP contribution in [0.4, 0.5) is 0 Å². The summed E-state index contributed by atoms with van der Waals surface area (Å²) in [5.74, 6) is 0. The van der Waals surface area contributed by atoms with E-state index in [-0.39, 0.29) is 0 Å². The van der Waals surface area contributed by atoms with E-state index in [0.717, 1.165) is 27.5 Å². The van der Waals surface area contributed by atoms with Gasteiger partial charge in [0.25, 0.3) is 5.22 Å². The lowest BCUT2D eigenvalue weighted by molar-refractivity contribution is 0.453. The molecule has 2 heterocycles. The average molecular weight is 250 g/mol. The Balaban J connectivity index is 2.36. The molecule has 2 aromatic rings. The normalized spacial score (nSPS) is 10.8. The van der Waals surface area contributed by atoms with Crippen LogP contribution in [0, 0.1) is 20.8 Å². The Morgan fingerprint density at radius 1 is 1.29 bits per heavy atom. The second-order valence-electron chi connectivity index (χ2n) is 3.76. The van der Waals surface area contributed by atoms with Crippen LogP contribution in [0.15, 0.2) is 20.9 Å². The Morgan fingerprint density at radius 3 is 2.65 bits per heavy atom. The fourth-order valence-corrected chi connectivity index (χ4v) is 2.31. The van der Waals surface area contributed by atoms with E-state index in [0.29, 0.717) is 11.8 Å². The molecule has 90 valence electrons. The molecule has 0 unspecified atom stereocenters. The molecule has 0 saturated heterocycles. The maximum atomic E-state index is 5.75. The minimum Gasteiger partial charge on any atom is -0.439 e. The van der Waals surface area contributed by atoms with Crippen molar-refractivity contribution in [2.75, 3.05) is 0 Å². The molecule has 17 heavy (non-hydrogen) atoms. The first kappa shape index (κ1) is 12.1. The molecular formula is C11H14N4OS. The molecule has 0 bridgehead atoms. The number of oxazole rings is 1. The first-order chi connectivity index (χ1) is 8.11. The third-order valence-electron chi connectivity index (χ3n) is 2.53. The highest BCUT2D eigenvalue weighted by Crippen LogP contribution is 2.29. The molecule has 0 amide bonds. The summed E-state index contributed by atoms with van der Waals surface area (Å²) < 4.78 is 5.28. The average Bonchev–Trinajstić information content (AvgIpc) is 2.70. The van der Waals surface area contributed by atoms with E-state index in [1.807, 2.05) is 20.8 Å². The van der Waals surface area contributed by atoms with Gasteiger partial charge in [-0.05, 0) is 38.1 Å². The lowest BCUT2D eigenvalue weighted by Crippen LogP contribution is -2.06. The van der Waals surface area contributed by atoms with Crippen LogP contribution in [0.25, 0.3) is 0 Å². The highest BCUT2D eigenvalue weighted by molar-refractivity contribution is 7.99. The Morgan fingerprint density at radius 2 is 2.06 bits per heavy atom. The molecule has 5 nitrogen and oxygen atoms in total. The lowest BCUT2D eigenvalue weighted by atomic mass is 10.1. The van der Waals surface area contributed by atoms with Crippen LogP contribution < -0.4 is 5.73 Å². The summed E-state index contributed by atoms with van der Waals surface area (Å²) in [5, 5.41) is 9.57. The smallest absolute Gasteiger partial charge is 0.262 e. The number of aryl methyl sites for hydroxylation is 2. The second kappa shape index (κ2) is 4.85. The molecule has 2 aromatic heterocycles. The fourth-order valence-electron chi connectivity index (χ4n) is 1.42. The van der Waals surface area contributed by atoms with Gasteiger partial charge in [-0.1, -0.05) is 0 Å². The summed E-state index contributed by atoms with van der Waals surface area (Å²) in [4.78, 5) is 4.22. The molecule has 0 aliphatic carbocycles. The Bertz CT molecular complexity index is 538. The molecule has 0 atom stereocenters. The number of hydrogen-bond donors (Lipinski definition) is 1. The predicted molar refractivity (Wildman–Crippen MR) is 64.8 cm³/mol. The molecule has 0 fully saturated rings. The van der Waals surface area contributed by atoms with E-state index in [9.17, 15) is 0 Å². The summed E-state index contributed by atoms with van der Waals surface area (Å²) in [6.07, 6.45) is 1.61. The van der Waals surface area contributed by atoms with E-state index in [2.05, 4.69) is 15.2 Å². The summed E-state index contributed by atoms with van der Waals surface area (Å²) in [5.41, 5.74) is 9.57. The van der Waals surface area contributed by atoms with E-state index >= 15 is 0 Å². The topological polar surface area (TPSA) is 77.8 Å². The van der Waals surface area contributed by atoms with Crippen LogP contribution >= 0.6 is 11.8 Å². The van der Waals surface area contributed by atoms with Gasteiger partial charge in [-0.15, -0.1) is 5.10 Å². The van der Waals surface area contributed by atoms with Crippen molar-refractivity contribution in [3.63, 3.8) is 0 Å². The molecule has 2 rings (SSSR count). The van der Waals surface area contributed by atoms with Gasteiger partial charge in [0, 0.05) is 12.1 Å². The Hall–Kier alpha value is -1.40. The summed E-state index contributed by atoms with van der Waals surface area (Å²) in [7, 11) is 0. The lowest BCUT2D eigenvalue weighted by Gasteiger charge is -2.08. The molecule has 6 heteroatoms. The first-order valence-corrected chi connectivity index (χ1v) is 6.06. The summed E-state index contributed by atoms with van der Waals surface area (Å²) >= 11 is 1.35. The first-order valence-electron chi connectivity index (χ1n) is 5.24. The van der Waals surface area contributed by atoms with Crippen LogP contribution in [0.5, 0.6) is 0 Å². The van der Waals surface area contributed by atoms with Gasteiger partial charge in [-0.2, -0.15) is 5.10 Å². The molecule has 0 aliphatic rings. The molecule has 0 aliphatic heterocycles. The maximum Gasteiger partial charge on any atom is 0.262 e. The van der Waals surface area contributed by atoms with Gasteiger partial charge >= 0.3 is 0 Å². The molecule has 0 spiro atoms. The number of aromatic nitrogens is 3. The number of hydrogen-bond acceptors (Lipinski definition) is 6. The van der Waals surface area contributed by atoms with Gasteiger partial charge < -0.3 is 10.2 Å². The van der Waals surface area contributed by atoms with E-state index in [1.54, 1.807) is 6.26 Å². The Kier molecular flexibility index (Phi) is 3.44. The van der Waals surface area contributed by atoms with Crippen molar-refractivity contribution in [1.29, 1.82) is 0 Å². The van der Waals surface area contributed by atoms with Crippen molar-refractivity contribution >= 4 is 11.8 Å². The summed E-state index contributed by atoms with van der Waals surface area (Å²) in [6, 6.07) is 0. The van der Waals surface area contributed by atoms with Crippen molar-refractivity contribution in [2.45, 2.75) is 37.6 Å². The largest absolute Gasteiger partial charge is 0.439 e. The van der Waals surface area contributed by atoms with Crippen LogP contribution in [0.1, 0.15) is 22.5 Å². The predicted octanol–water partition coefficient (Wildman–Crippen LogP) is 2.00. The van der Waals surface area contributed by atoms with Crippen LogP contribution in [-0.4, -0.2) is 15.2 Å². The Labute approximate surface area is 104 Å². The zero-order valence-corrected chi connectivity index (χ0v) is 10.8. The second-order valence-corrected chi connectivity index (χ2v) is 4.70. The van der Waals surface area contributed by atoms with Gasteiger partial charge in [-0.25, -0.2) is 4.98 Å². The van der Waals surface area contributed by atoms with Crippen molar-refractivity contribution in [1.82, 2.24) is 15.2 Å². The molecule has 0 aromatic carbocycles. The van der Waals surface area contributed by atoms with E-state index < -0.39 is 0 Å². The fraction of sp³-hybridized carbons (Fsp3) is 0.364. The molecule has 2 N–H and O–H groups in total. The molecular weight excluding hydrogens is 236 g/mol. The zero-order valence-electron chi connectivity index (χ0n) is 10.0. The van der Waals surface area contributed by atoms with Crippen molar-refractivity contribution < 1.29 is 4.42 Å². The SMILES string of the molecule is Cc1coc(Sc2nnc(C)c(C)c2CN)n1. The van der Waals surface area contributed by atoms with Crippen LogP contribution in [0.3, 0.4) is 0 Å². The number of rotatable bonds is 3. The van der Waals surface area contributed by atoms with Gasteiger partial charge in [0.05, 0.1) is 11.4 Å². The van der Waals surface area contributed by atoms with Crippen LogP contribution in [-0.2, 0) is 6.54 Å². The van der Waals surface area contributed by atoms with Gasteiger partial charge in [0.15, 0.2) is 0 Å². The number of nitrogens with zero attached hydrogens (tertiary/aromatic N) is 3. The molecule has 0 radical (unpaired) electrons. The minimum absolute atomic E-state index is 0.435. The third-order valence-corrected chi connectivity index (χ3v) is 3.41. The van der Waals surface area contributed by atoms with Gasteiger partial charge in [-0.3, -0.25) is 0 Å². The zero-order chi connectivity index (χ0) is 12.4. The van der Waals surface area contributed by atoms with Gasteiger partial charge in [0.1, 0.15) is 11.3 Å². The minimum atomic E-state index is 0.435. The van der Waals surface area contributed by atoms with Gasteiger partial charge in [0.2, 0.25) is 0 Å². The number of nitrogens with two attached hydrogens (primary N) is 1. The van der Waals surface area contributed by atoms with Crippen molar-refractivity contribution in [3.8, 4) is 0 Å². The maximum absolute atomic E-state index is 5.75. The highest BCUT2D eigenvalue weighted by atomic mass is 32.2.